The van der Waals surface area contributed by atoms with Crippen LogP contribution in [0.15, 0.2) is 37.1 Å². The highest BCUT2D eigenvalue weighted by Crippen LogP contribution is 2.04. The van der Waals surface area contributed by atoms with Crippen molar-refractivity contribution >= 4 is 0 Å². The molecular formula is C11H13N3. The molecule has 0 spiro atoms. The van der Waals surface area contributed by atoms with Gasteiger partial charge in [0.2, 0.25) is 0 Å². The standard InChI is InChI=1S/C11H13N3/c1(5-11-8-13-9-14-11)3-10-4-2-6-12-7-10/h2,4,6-9H,1,3,5H2,(H,13,14). The third kappa shape index (κ3) is 2.42. The van der Waals surface area contributed by atoms with Gasteiger partial charge in [0.15, 0.2) is 0 Å². The highest BCUT2D eigenvalue weighted by molar-refractivity contribution is 5.08. The second-order valence-corrected chi connectivity index (χ2v) is 3.29. The van der Waals surface area contributed by atoms with Crippen molar-refractivity contribution < 1.29 is 0 Å². The van der Waals surface area contributed by atoms with Gasteiger partial charge in [0.05, 0.1) is 6.33 Å². The molecule has 0 amide bonds. The van der Waals surface area contributed by atoms with E-state index in [1.165, 1.54) is 11.3 Å². The van der Waals surface area contributed by atoms with Crippen molar-refractivity contribution in [3.63, 3.8) is 0 Å². The normalized spacial score (nSPS) is 10.3. The predicted octanol–water partition coefficient (Wildman–Crippen LogP) is 1.98. The van der Waals surface area contributed by atoms with E-state index < -0.39 is 0 Å². The number of rotatable bonds is 4. The number of H-pyrrole nitrogens is 1. The Bertz CT molecular complexity index is 353. The van der Waals surface area contributed by atoms with Gasteiger partial charge >= 0.3 is 0 Å². The van der Waals surface area contributed by atoms with Gasteiger partial charge in [-0.25, -0.2) is 4.98 Å². The summed E-state index contributed by atoms with van der Waals surface area (Å²) in [5.41, 5.74) is 2.50. The maximum absolute atomic E-state index is 4.08. The number of nitrogens with one attached hydrogen (secondary N) is 1. The molecule has 1 N–H and O–H groups in total. The number of aromatic amines is 1. The van der Waals surface area contributed by atoms with Crippen molar-refractivity contribution in [3.8, 4) is 0 Å². The molecule has 0 saturated heterocycles. The van der Waals surface area contributed by atoms with Gasteiger partial charge in [-0.3, -0.25) is 4.98 Å². The maximum Gasteiger partial charge on any atom is 0.0921 e. The molecule has 0 atom stereocenters. The first-order valence-corrected chi connectivity index (χ1v) is 4.81. The number of aryl methyl sites for hydroxylation is 2. The summed E-state index contributed by atoms with van der Waals surface area (Å²) in [6.07, 6.45) is 10.6. The predicted molar refractivity (Wildman–Crippen MR) is 54.8 cm³/mol. The summed E-state index contributed by atoms with van der Waals surface area (Å²) in [6, 6.07) is 4.09. The number of pyridine rings is 1. The van der Waals surface area contributed by atoms with E-state index in [0.29, 0.717) is 0 Å². The van der Waals surface area contributed by atoms with Crippen molar-refractivity contribution in [2.24, 2.45) is 0 Å². The van der Waals surface area contributed by atoms with E-state index in [-0.39, 0.29) is 0 Å². The van der Waals surface area contributed by atoms with E-state index in [2.05, 4.69) is 21.0 Å². The average molecular weight is 187 g/mol. The summed E-state index contributed by atoms with van der Waals surface area (Å²) in [4.78, 5) is 11.2. The molecule has 2 rings (SSSR count). The van der Waals surface area contributed by atoms with Crippen LogP contribution < -0.4 is 0 Å². The zero-order chi connectivity index (χ0) is 9.64. The fraction of sp³-hybridized carbons (Fsp3) is 0.273. The van der Waals surface area contributed by atoms with E-state index in [4.69, 9.17) is 0 Å². The smallest absolute Gasteiger partial charge is 0.0921 e. The van der Waals surface area contributed by atoms with Crippen molar-refractivity contribution in [3.05, 3.63) is 48.3 Å². The fourth-order valence-electron chi connectivity index (χ4n) is 1.45. The molecular weight excluding hydrogens is 174 g/mol. The van der Waals surface area contributed by atoms with Crippen molar-refractivity contribution in [2.45, 2.75) is 19.3 Å². The lowest BCUT2D eigenvalue weighted by Crippen LogP contribution is -1.90. The quantitative estimate of drug-likeness (QED) is 0.795. The Morgan fingerprint density at radius 1 is 1.14 bits per heavy atom. The lowest BCUT2D eigenvalue weighted by molar-refractivity contribution is 0.801. The van der Waals surface area contributed by atoms with Crippen molar-refractivity contribution in [2.75, 3.05) is 0 Å². The topological polar surface area (TPSA) is 41.6 Å². The van der Waals surface area contributed by atoms with Crippen LogP contribution in [-0.2, 0) is 12.8 Å². The minimum absolute atomic E-state index is 1.05. The van der Waals surface area contributed by atoms with Gasteiger partial charge in [-0.15, -0.1) is 0 Å². The SMILES string of the molecule is c1cncc(CCCc2cnc[nH]2)c1. The van der Waals surface area contributed by atoms with Crippen LogP contribution in [0.3, 0.4) is 0 Å². The molecule has 0 aliphatic carbocycles. The fourth-order valence-corrected chi connectivity index (χ4v) is 1.45. The summed E-state index contributed by atoms with van der Waals surface area (Å²) in [6.45, 7) is 0. The Morgan fingerprint density at radius 2 is 2.14 bits per heavy atom. The first-order chi connectivity index (χ1) is 6.95. The minimum Gasteiger partial charge on any atom is -0.348 e. The summed E-state index contributed by atoms with van der Waals surface area (Å²) in [5.74, 6) is 0. The number of aromatic nitrogens is 3. The molecule has 72 valence electrons. The van der Waals surface area contributed by atoms with Gasteiger partial charge in [0.25, 0.3) is 0 Å². The van der Waals surface area contributed by atoms with Gasteiger partial charge in [-0.05, 0) is 30.9 Å². The zero-order valence-corrected chi connectivity index (χ0v) is 7.98. The Morgan fingerprint density at radius 3 is 2.86 bits per heavy atom. The molecule has 0 aliphatic rings. The monoisotopic (exact) mass is 187 g/mol. The van der Waals surface area contributed by atoms with Crippen LogP contribution in [0.1, 0.15) is 17.7 Å². The summed E-state index contributed by atoms with van der Waals surface area (Å²) in [7, 11) is 0. The number of nitrogens with zero attached hydrogens (tertiary/aromatic N) is 2. The van der Waals surface area contributed by atoms with Crippen LogP contribution in [0.5, 0.6) is 0 Å². The van der Waals surface area contributed by atoms with Crippen LogP contribution in [0.4, 0.5) is 0 Å². The molecule has 0 saturated carbocycles. The van der Waals surface area contributed by atoms with Crippen LogP contribution in [0.2, 0.25) is 0 Å². The molecule has 2 aromatic rings. The highest BCUT2D eigenvalue weighted by atomic mass is 14.9. The molecule has 0 bridgehead atoms. The van der Waals surface area contributed by atoms with Gasteiger partial charge in [0.1, 0.15) is 0 Å². The van der Waals surface area contributed by atoms with Crippen molar-refractivity contribution in [1.29, 1.82) is 0 Å². The molecule has 2 heterocycles. The Hall–Kier alpha value is -1.64. The average Bonchev–Trinajstić information content (AvgIpc) is 2.72. The van der Waals surface area contributed by atoms with E-state index >= 15 is 0 Å². The highest BCUT2D eigenvalue weighted by Gasteiger charge is 1.95. The second kappa shape index (κ2) is 4.56. The summed E-state index contributed by atoms with van der Waals surface area (Å²) < 4.78 is 0. The molecule has 2 aromatic heterocycles. The molecule has 14 heavy (non-hydrogen) atoms. The van der Waals surface area contributed by atoms with E-state index in [9.17, 15) is 0 Å². The Kier molecular flexibility index (Phi) is 2.91. The van der Waals surface area contributed by atoms with Crippen molar-refractivity contribution in [1.82, 2.24) is 15.0 Å². The Labute approximate surface area is 83.2 Å². The summed E-state index contributed by atoms with van der Waals surface area (Å²) in [5, 5.41) is 0. The first-order valence-electron chi connectivity index (χ1n) is 4.81. The second-order valence-electron chi connectivity index (χ2n) is 3.29. The number of imidazole rings is 1. The van der Waals surface area contributed by atoms with Crippen LogP contribution in [-0.4, -0.2) is 15.0 Å². The van der Waals surface area contributed by atoms with E-state index in [1.54, 1.807) is 12.5 Å². The third-order valence-corrected chi connectivity index (χ3v) is 2.19. The molecule has 3 nitrogen and oxygen atoms in total. The molecule has 0 fully saturated rings. The largest absolute Gasteiger partial charge is 0.348 e. The lowest BCUT2D eigenvalue weighted by Gasteiger charge is -1.98. The summed E-state index contributed by atoms with van der Waals surface area (Å²) >= 11 is 0. The van der Waals surface area contributed by atoms with E-state index in [1.807, 2.05) is 18.5 Å². The molecule has 0 aromatic carbocycles. The number of hydrogen-bond donors (Lipinski definition) is 1. The van der Waals surface area contributed by atoms with Gasteiger partial charge in [-0.2, -0.15) is 0 Å². The maximum atomic E-state index is 4.08. The zero-order valence-electron chi connectivity index (χ0n) is 7.98. The van der Waals surface area contributed by atoms with E-state index in [0.717, 1.165) is 19.3 Å². The molecule has 0 aliphatic heterocycles. The number of hydrogen-bond acceptors (Lipinski definition) is 2. The van der Waals surface area contributed by atoms with Gasteiger partial charge in [0, 0.05) is 24.3 Å². The molecule has 0 unspecified atom stereocenters. The first kappa shape index (κ1) is 8.94. The van der Waals surface area contributed by atoms with Crippen LogP contribution in [0, 0.1) is 0 Å². The van der Waals surface area contributed by atoms with Gasteiger partial charge in [-0.1, -0.05) is 6.07 Å². The van der Waals surface area contributed by atoms with Crippen LogP contribution >= 0.6 is 0 Å². The Balaban J connectivity index is 1.79. The van der Waals surface area contributed by atoms with Crippen LogP contribution in [0.25, 0.3) is 0 Å². The third-order valence-electron chi connectivity index (χ3n) is 2.19. The van der Waals surface area contributed by atoms with Gasteiger partial charge < -0.3 is 4.98 Å². The minimum atomic E-state index is 1.05. The molecule has 3 heteroatoms. The molecule has 0 radical (unpaired) electrons. The lowest BCUT2D eigenvalue weighted by atomic mass is 10.1.